The summed E-state index contributed by atoms with van der Waals surface area (Å²) in [6.07, 6.45) is -4.40. The standard InChI is InChI=1S/C16H11F3N2O2S/c17-16(18,19)10-5-7-11(8-6-10)20-14(22)9-24-15-21-12-3-1-2-4-13(12)23-15/h1-8H,9H2,(H,20,22). The van der Waals surface area contributed by atoms with Crippen LogP contribution in [-0.4, -0.2) is 16.6 Å². The molecule has 0 aliphatic heterocycles. The van der Waals surface area contributed by atoms with Crippen LogP contribution in [0.2, 0.25) is 0 Å². The molecular weight excluding hydrogens is 341 g/mol. The fraction of sp³-hybridized carbons (Fsp3) is 0.125. The molecular formula is C16H11F3N2O2S. The topological polar surface area (TPSA) is 55.1 Å². The second kappa shape index (κ2) is 6.56. The van der Waals surface area contributed by atoms with Crippen molar-refractivity contribution in [2.75, 3.05) is 11.1 Å². The second-order valence-electron chi connectivity index (χ2n) is 4.86. The van der Waals surface area contributed by atoms with Gasteiger partial charge in [0.25, 0.3) is 5.22 Å². The second-order valence-corrected chi connectivity index (χ2v) is 5.79. The number of carbonyl (C=O) groups is 1. The van der Waals surface area contributed by atoms with Crippen LogP contribution in [0.5, 0.6) is 0 Å². The molecule has 1 heterocycles. The number of carbonyl (C=O) groups excluding carboxylic acids is 1. The molecule has 3 rings (SSSR count). The van der Waals surface area contributed by atoms with E-state index in [1.54, 1.807) is 12.1 Å². The first-order valence-corrected chi connectivity index (χ1v) is 7.86. The van der Waals surface area contributed by atoms with Gasteiger partial charge >= 0.3 is 6.18 Å². The van der Waals surface area contributed by atoms with Crippen LogP contribution < -0.4 is 5.32 Å². The summed E-state index contributed by atoms with van der Waals surface area (Å²) < 4.78 is 42.9. The number of alkyl halides is 3. The Morgan fingerprint density at radius 3 is 2.50 bits per heavy atom. The van der Waals surface area contributed by atoms with Crippen molar-refractivity contribution in [2.45, 2.75) is 11.4 Å². The lowest BCUT2D eigenvalue weighted by atomic mass is 10.2. The van der Waals surface area contributed by atoms with Crippen LogP contribution >= 0.6 is 11.8 Å². The van der Waals surface area contributed by atoms with Gasteiger partial charge in [-0.25, -0.2) is 4.98 Å². The van der Waals surface area contributed by atoms with Crippen molar-refractivity contribution in [3.05, 3.63) is 54.1 Å². The Bertz CT molecular complexity index is 827. The van der Waals surface area contributed by atoms with Gasteiger partial charge in [-0.2, -0.15) is 13.2 Å². The summed E-state index contributed by atoms with van der Waals surface area (Å²) in [4.78, 5) is 16.1. The lowest BCUT2D eigenvalue weighted by molar-refractivity contribution is -0.137. The van der Waals surface area contributed by atoms with Gasteiger partial charge in [0.1, 0.15) is 5.52 Å². The van der Waals surface area contributed by atoms with Crippen LogP contribution in [0.15, 0.2) is 58.2 Å². The number of aromatic nitrogens is 1. The molecule has 0 atom stereocenters. The molecule has 3 aromatic rings. The first-order chi connectivity index (χ1) is 11.4. The fourth-order valence-corrected chi connectivity index (χ4v) is 2.62. The number of thioether (sulfide) groups is 1. The predicted molar refractivity (Wildman–Crippen MR) is 84.8 cm³/mol. The van der Waals surface area contributed by atoms with Crippen molar-refractivity contribution >= 4 is 34.5 Å². The minimum absolute atomic E-state index is 0.0356. The van der Waals surface area contributed by atoms with Gasteiger partial charge in [0.2, 0.25) is 5.91 Å². The number of hydrogen-bond acceptors (Lipinski definition) is 4. The van der Waals surface area contributed by atoms with Gasteiger partial charge in [-0.3, -0.25) is 4.79 Å². The van der Waals surface area contributed by atoms with E-state index >= 15 is 0 Å². The third-order valence-corrected chi connectivity index (χ3v) is 3.93. The van der Waals surface area contributed by atoms with Gasteiger partial charge in [0.05, 0.1) is 11.3 Å². The molecule has 0 spiro atoms. The Kier molecular flexibility index (Phi) is 4.48. The maximum Gasteiger partial charge on any atom is 0.416 e. The van der Waals surface area contributed by atoms with Crippen molar-refractivity contribution < 1.29 is 22.4 Å². The van der Waals surface area contributed by atoms with E-state index in [9.17, 15) is 18.0 Å². The quantitative estimate of drug-likeness (QED) is 0.699. The molecule has 1 N–H and O–H groups in total. The van der Waals surface area contributed by atoms with Gasteiger partial charge in [-0.1, -0.05) is 23.9 Å². The molecule has 0 unspecified atom stereocenters. The number of benzene rings is 2. The van der Waals surface area contributed by atoms with Crippen molar-refractivity contribution in [3.63, 3.8) is 0 Å². The summed E-state index contributed by atoms with van der Waals surface area (Å²) >= 11 is 1.11. The summed E-state index contributed by atoms with van der Waals surface area (Å²) in [7, 11) is 0. The summed E-state index contributed by atoms with van der Waals surface area (Å²) in [5, 5.41) is 2.89. The highest BCUT2D eigenvalue weighted by atomic mass is 32.2. The Balaban J connectivity index is 1.57. The maximum atomic E-state index is 12.5. The van der Waals surface area contributed by atoms with Crippen molar-refractivity contribution in [2.24, 2.45) is 0 Å². The Labute approximate surface area is 139 Å². The normalized spacial score (nSPS) is 11.6. The molecule has 1 aromatic heterocycles. The number of fused-ring (bicyclic) bond motifs is 1. The van der Waals surface area contributed by atoms with E-state index in [0.717, 1.165) is 23.9 Å². The van der Waals surface area contributed by atoms with Crippen LogP contribution in [0.25, 0.3) is 11.1 Å². The van der Waals surface area contributed by atoms with Gasteiger partial charge in [-0.05, 0) is 36.4 Å². The summed E-state index contributed by atoms with van der Waals surface area (Å²) in [6.45, 7) is 0. The van der Waals surface area contributed by atoms with E-state index in [-0.39, 0.29) is 11.7 Å². The maximum absolute atomic E-state index is 12.5. The molecule has 0 radical (unpaired) electrons. The lowest BCUT2D eigenvalue weighted by Gasteiger charge is -2.08. The van der Waals surface area contributed by atoms with E-state index in [4.69, 9.17) is 4.42 Å². The Morgan fingerprint density at radius 2 is 1.83 bits per heavy atom. The van der Waals surface area contributed by atoms with Gasteiger partial charge in [0, 0.05) is 5.69 Å². The number of rotatable bonds is 4. The largest absolute Gasteiger partial charge is 0.431 e. The highest BCUT2D eigenvalue weighted by Gasteiger charge is 2.29. The first-order valence-electron chi connectivity index (χ1n) is 6.87. The zero-order valence-electron chi connectivity index (χ0n) is 12.1. The SMILES string of the molecule is O=C(CSc1nc2ccccc2o1)Nc1ccc(C(F)(F)F)cc1. The lowest BCUT2D eigenvalue weighted by Crippen LogP contribution is -2.14. The van der Waals surface area contributed by atoms with Crippen LogP contribution in [0.4, 0.5) is 18.9 Å². The number of nitrogens with zero attached hydrogens (tertiary/aromatic N) is 1. The average Bonchev–Trinajstić information content (AvgIpc) is 2.95. The molecule has 0 bridgehead atoms. The third kappa shape index (κ3) is 3.88. The predicted octanol–water partition coefficient (Wildman–Crippen LogP) is 4.58. The van der Waals surface area contributed by atoms with Gasteiger partial charge in [-0.15, -0.1) is 0 Å². The van der Waals surface area contributed by atoms with Crippen LogP contribution in [0.3, 0.4) is 0 Å². The smallest absolute Gasteiger partial charge is 0.416 e. The highest BCUT2D eigenvalue weighted by Crippen LogP contribution is 2.30. The fourth-order valence-electron chi connectivity index (χ4n) is 1.98. The minimum Gasteiger partial charge on any atom is -0.431 e. The average molecular weight is 352 g/mol. The summed E-state index contributed by atoms with van der Waals surface area (Å²) in [5.74, 6) is -0.324. The van der Waals surface area contributed by atoms with Crippen molar-refractivity contribution in [1.82, 2.24) is 4.98 Å². The number of nitrogens with one attached hydrogen (secondary N) is 1. The highest BCUT2D eigenvalue weighted by molar-refractivity contribution is 7.99. The molecule has 4 nitrogen and oxygen atoms in total. The zero-order valence-corrected chi connectivity index (χ0v) is 12.9. The zero-order chi connectivity index (χ0) is 17.2. The summed E-state index contributed by atoms with van der Waals surface area (Å²) in [5.41, 5.74) is 0.860. The molecule has 124 valence electrons. The van der Waals surface area contributed by atoms with E-state index in [1.807, 2.05) is 12.1 Å². The Morgan fingerprint density at radius 1 is 1.12 bits per heavy atom. The molecule has 24 heavy (non-hydrogen) atoms. The summed E-state index contributed by atoms with van der Waals surface area (Å²) in [6, 6.07) is 11.5. The van der Waals surface area contributed by atoms with E-state index in [1.165, 1.54) is 12.1 Å². The molecule has 1 amide bonds. The molecule has 0 aliphatic rings. The number of hydrogen-bond donors (Lipinski definition) is 1. The minimum atomic E-state index is -4.40. The van der Waals surface area contributed by atoms with Crippen molar-refractivity contribution in [1.29, 1.82) is 0 Å². The number of anilines is 1. The van der Waals surface area contributed by atoms with E-state index < -0.39 is 11.7 Å². The van der Waals surface area contributed by atoms with Gasteiger partial charge < -0.3 is 9.73 Å². The van der Waals surface area contributed by atoms with E-state index in [2.05, 4.69) is 10.3 Å². The number of oxazole rings is 1. The number of amides is 1. The molecule has 2 aromatic carbocycles. The van der Waals surface area contributed by atoms with Crippen LogP contribution in [-0.2, 0) is 11.0 Å². The Hall–Kier alpha value is -2.48. The molecule has 0 saturated heterocycles. The van der Waals surface area contributed by atoms with Crippen LogP contribution in [0, 0.1) is 0 Å². The number of halogens is 3. The van der Waals surface area contributed by atoms with Crippen LogP contribution in [0.1, 0.15) is 5.56 Å². The molecule has 0 fully saturated rings. The third-order valence-electron chi connectivity index (χ3n) is 3.10. The van der Waals surface area contributed by atoms with E-state index in [0.29, 0.717) is 22.0 Å². The molecule has 8 heteroatoms. The van der Waals surface area contributed by atoms with Crippen molar-refractivity contribution in [3.8, 4) is 0 Å². The monoisotopic (exact) mass is 352 g/mol. The number of para-hydroxylation sites is 2. The molecule has 0 aliphatic carbocycles. The van der Waals surface area contributed by atoms with Gasteiger partial charge in [0.15, 0.2) is 5.58 Å². The first kappa shape index (κ1) is 16.4. The molecule has 0 saturated carbocycles.